The average molecular weight is 569 g/mol. The lowest BCUT2D eigenvalue weighted by molar-refractivity contribution is -0.140. The molecule has 3 unspecified atom stereocenters. The molecule has 2 saturated carbocycles. The number of hydrazine groups is 1. The van der Waals surface area contributed by atoms with Gasteiger partial charge in [0.15, 0.2) is 0 Å². The lowest BCUT2D eigenvalue weighted by Crippen LogP contribution is -2.62. The summed E-state index contributed by atoms with van der Waals surface area (Å²) in [4.78, 5) is 17.8. The third-order valence-electron chi connectivity index (χ3n) is 10.3. The van der Waals surface area contributed by atoms with E-state index in [1.165, 1.54) is 12.4 Å². The van der Waals surface area contributed by atoms with Gasteiger partial charge in [-0.15, -0.1) is 0 Å². The second-order valence-corrected chi connectivity index (χ2v) is 12.5. The maximum Gasteiger partial charge on any atom is 0.418 e. The lowest BCUT2D eigenvalue weighted by atomic mass is 9.54. The third kappa shape index (κ3) is 4.69. The topological polar surface area (TPSA) is 66.2 Å². The highest BCUT2D eigenvalue weighted by Crippen LogP contribution is 2.57. The number of methoxy groups -OCH3 is 1. The van der Waals surface area contributed by atoms with Crippen LogP contribution < -0.4 is 16.5 Å². The number of nitrogens with one attached hydrogen (secondary N) is 2. The van der Waals surface area contributed by atoms with Gasteiger partial charge in [-0.2, -0.15) is 13.2 Å². The molecule has 0 bridgehead atoms. The van der Waals surface area contributed by atoms with Crippen molar-refractivity contribution in [3.05, 3.63) is 40.1 Å². The minimum Gasteiger partial charge on any atom is -0.381 e. The van der Waals surface area contributed by atoms with Gasteiger partial charge >= 0.3 is 11.9 Å². The van der Waals surface area contributed by atoms with Crippen LogP contribution in [0.3, 0.4) is 0 Å². The van der Waals surface area contributed by atoms with Crippen LogP contribution in [-0.4, -0.2) is 71.1 Å². The summed E-state index contributed by atoms with van der Waals surface area (Å²) < 4.78 is 65.1. The Hall–Kier alpha value is -1.99. The molecule has 2 saturated heterocycles. The molecule has 0 aromatic carbocycles. The van der Waals surface area contributed by atoms with Crippen LogP contribution in [0.5, 0.6) is 0 Å². The van der Waals surface area contributed by atoms with E-state index >= 15 is 0 Å². The lowest BCUT2D eigenvalue weighted by Gasteiger charge is -2.57. The van der Waals surface area contributed by atoms with Gasteiger partial charge < -0.3 is 4.74 Å². The summed E-state index contributed by atoms with van der Waals surface area (Å²) in [5, 5.41) is 0. The Labute approximate surface area is 231 Å². The van der Waals surface area contributed by atoms with Crippen LogP contribution in [0.4, 0.5) is 17.6 Å². The number of rotatable bonds is 6. The molecule has 4 fully saturated rings. The standard InChI is InChI=1S/C28H40F4N6O2/c1-17(36-8-7-20(29)14-36)18-9-23(28(30,31)32)24-15-37(26(39)38(24)13-18)21-6-4-5-19(10-21)27(11-22(12-27)40-3)25-34-33-16-35(25)2/h9,13,15,17,19-22,25,33-34H,4-8,10-12,14,16H2,1-3H3/t17-,19?,20+,21?,22?,25?,27?/m1/s1. The van der Waals surface area contributed by atoms with Crippen molar-refractivity contribution >= 4 is 5.52 Å². The normalized spacial score (nSPS) is 34.9. The number of imidazole rings is 1. The van der Waals surface area contributed by atoms with Crippen LogP contribution >= 0.6 is 0 Å². The molecule has 2 aromatic rings. The monoisotopic (exact) mass is 568 g/mol. The minimum atomic E-state index is -4.63. The molecule has 2 aliphatic carbocycles. The van der Waals surface area contributed by atoms with Crippen LogP contribution in [0.15, 0.2) is 23.3 Å². The average Bonchev–Trinajstić information content (AvgIpc) is 3.61. The van der Waals surface area contributed by atoms with Crippen molar-refractivity contribution in [1.29, 1.82) is 0 Å². The van der Waals surface area contributed by atoms with Crippen LogP contribution in [0.25, 0.3) is 5.52 Å². The second kappa shape index (κ2) is 10.4. The minimum absolute atomic E-state index is 0.0376. The van der Waals surface area contributed by atoms with Crippen molar-refractivity contribution in [3.63, 3.8) is 0 Å². The first-order chi connectivity index (χ1) is 19.0. The SMILES string of the molecule is COC1CC(C2CCCC(n3cc4c(C(F)(F)F)cc([C@@H](C)N5CC[C@H](F)C5)cn4c3=O)C2)(C2NNCN2C)C1. The van der Waals surface area contributed by atoms with Crippen molar-refractivity contribution in [2.45, 2.75) is 88.6 Å². The maximum atomic E-state index is 14.3. The highest BCUT2D eigenvalue weighted by molar-refractivity contribution is 5.56. The van der Waals surface area contributed by atoms with E-state index < -0.39 is 29.6 Å². The highest BCUT2D eigenvalue weighted by atomic mass is 19.4. The summed E-state index contributed by atoms with van der Waals surface area (Å²) in [7, 11) is 3.82. The molecule has 12 heteroatoms. The Bertz CT molecular complexity index is 1290. The number of nitrogens with zero attached hydrogens (tertiary/aromatic N) is 4. The molecule has 5 atom stereocenters. The van der Waals surface area contributed by atoms with Gasteiger partial charge in [-0.3, -0.25) is 18.8 Å². The fourth-order valence-electron chi connectivity index (χ4n) is 7.97. The molecule has 40 heavy (non-hydrogen) atoms. The number of hydrogen-bond acceptors (Lipinski definition) is 6. The first-order valence-corrected chi connectivity index (χ1v) is 14.5. The van der Waals surface area contributed by atoms with E-state index in [0.717, 1.165) is 55.7 Å². The van der Waals surface area contributed by atoms with Gasteiger partial charge in [-0.1, -0.05) is 6.42 Å². The Morgan fingerprint density at radius 2 is 1.95 bits per heavy atom. The van der Waals surface area contributed by atoms with E-state index in [-0.39, 0.29) is 35.8 Å². The molecule has 2 aliphatic heterocycles. The molecule has 4 aliphatic rings. The number of hydrogen-bond donors (Lipinski definition) is 2. The zero-order chi connectivity index (χ0) is 28.4. The number of ether oxygens (including phenoxy) is 1. The summed E-state index contributed by atoms with van der Waals surface area (Å²) in [5.41, 5.74) is 5.62. The summed E-state index contributed by atoms with van der Waals surface area (Å²) in [6.07, 6.45) is 3.24. The quantitative estimate of drug-likeness (QED) is 0.513. The molecular weight excluding hydrogens is 528 g/mol. The fourth-order valence-corrected chi connectivity index (χ4v) is 7.97. The molecular formula is C28H40F4N6O2. The predicted octanol–water partition coefficient (Wildman–Crippen LogP) is 4.07. The van der Waals surface area contributed by atoms with Gasteiger partial charge in [0.1, 0.15) is 6.17 Å². The van der Waals surface area contributed by atoms with Crippen LogP contribution in [0.2, 0.25) is 0 Å². The van der Waals surface area contributed by atoms with E-state index in [1.807, 2.05) is 4.90 Å². The van der Waals surface area contributed by atoms with Gasteiger partial charge in [-0.25, -0.2) is 20.0 Å². The van der Waals surface area contributed by atoms with Crippen LogP contribution in [-0.2, 0) is 10.9 Å². The predicted molar refractivity (Wildman–Crippen MR) is 142 cm³/mol. The summed E-state index contributed by atoms with van der Waals surface area (Å²) >= 11 is 0. The van der Waals surface area contributed by atoms with Crippen molar-refractivity contribution < 1.29 is 22.3 Å². The Balaban J connectivity index is 1.34. The molecule has 0 amide bonds. The number of fused-ring (bicyclic) bond motifs is 1. The first kappa shape index (κ1) is 28.1. The van der Waals surface area contributed by atoms with Crippen LogP contribution in [0.1, 0.15) is 75.1 Å². The first-order valence-electron chi connectivity index (χ1n) is 14.5. The number of likely N-dealkylation sites (tertiary alicyclic amines) is 1. The smallest absolute Gasteiger partial charge is 0.381 e. The van der Waals surface area contributed by atoms with E-state index in [0.29, 0.717) is 24.4 Å². The Morgan fingerprint density at radius 1 is 1.18 bits per heavy atom. The molecule has 6 rings (SSSR count). The number of alkyl halides is 4. The van der Waals surface area contributed by atoms with Gasteiger partial charge in [-0.05, 0) is 70.0 Å². The van der Waals surface area contributed by atoms with Crippen molar-refractivity contribution in [1.82, 2.24) is 29.6 Å². The van der Waals surface area contributed by atoms with Gasteiger partial charge in [0.25, 0.3) is 0 Å². The molecule has 0 radical (unpaired) electrons. The maximum absolute atomic E-state index is 14.3. The molecule has 2 aromatic heterocycles. The third-order valence-corrected chi connectivity index (χ3v) is 10.3. The number of halogens is 4. The van der Waals surface area contributed by atoms with Crippen molar-refractivity contribution in [2.24, 2.45) is 11.3 Å². The van der Waals surface area contributed by atoms with Gasteiger partial charge in [0.2, 0.25) is 0 Å². The van der Waals surface area contributed by atoms with Crippen molar-refractivity contribution in [2.75, 3.05) is 33.9 Å². The zero-order valence-corrected chi connectivity index (χ0v) is 23.4. The van der Waals surface area contributed by atoms with Gasteiger partial charge in [0.05, 0.1) is 30.0 Å². The van der Waals surface area contributed by atoms with Crippen molar-refractivity contribution in [3.8, 4) is 0 Å². The molecule has 222 valence electrons. The van der Waals surface area contributed by atoms with E-state index in [2.05, 4.69) is 22.8 Å². The molecule has 8 nitrogen and oxygen atoms in total. The van der Waals surface area contributed by atoms with E-state index in [4.69, 9.17) is 4.74 Å². The Kier molecular flexibility index (Phi) is 7.30. The summed E-state index contributed by atoms with van der Waals surface area (Å²) in [5.74, 6) is 0.300. The molecule has 0 spiro atoms. The van der Waals surface area contributed by atoms with E-state index in [1.54, 1.807) is 18.6 Å². The summed E-state index contributed by atoms with van der Waals surface area (Å²) in [6, 6.07) is 0.524. The van der Waals surface area contributed by atoms with Crippen LogP contribution in [0, 0.1) is 11.3 Å². The molecule has 2 N–H and O–H groups in total. The fraction of sp³-hybridized carbons (Fsp3) is 0.750. The Morgan fingerprint density at radius 3 is 2.58 bits per heavy atom. The number of pyridine rings is 1. The van der Waals surface area contributed by atoms with E-state index in [9.17, 15) is 22.4 Å². The zero-order valence-electron chi connectivity index (χ0n) is 23.4. The second-order valence-electron chi connectivity index (χ2n) is 12.5. The highest BCUT2D eigenvalue weighted by Gasteiger charge is 2.57. The van der Waals surface area contributed by atoms with Gasteiger partial charge in [0, 0.05) is 50.1 Å². The summed E-state index contributed by atoms with van der Waals surface area (Å²) in [6.45, 7) is 3.18. The largest absolute Gasteiger partial charge is 0.418 e. The number of aromatic nitrogens is 2. The molecule has 4 heterocycles.